The van der Waals surface area contributed by atoms with Crippen LogP contribution in [0, 0.1) is 6.92 Å². The second kappa shape index (κ2) is 13.1. The van der Waals surface area contributed by atoms with Crippen LogP contribution in [0.1, 0.15) is 80.3 Å². The van der Waals surface area contributed by atoms with Crippen LogP contribution >= 0.6 is 11.3 Å². The number of esters is 1. The van der Waals surface area contributed by atoms with E-state index >= 15 is 0 Å². The summed E-state index contributed by atoms with van der Waals surface area (Å²) >= 11 is 1.69. The van der Waals surface area contributed by atoms with Gasteiger partial charge in [0.1, 0.15) is 0 Å². The Morgan fingerprint density at radius 2 is 2.00 bits per heavy atom. The maximum atomic E-state index is 11.1. The van der Waals surface area contributed by atoms with Crippen LogP contribution in [0.2, 0.25) is 0 Å². The zero-order valence-corrected chi connectivity index (χ0v) is 16.7. The fourth-order valence-electron chi connectivity index (χ4n) is 2.71. The van der Waals surface area contributed by atoms with Gasteiger partial charge in [0, 0.05) is 6.42 Å². The first kappa shape index (κ1) is 21.8. The molecule has 0 aromatic carbocycles. The first-order chi connectivity index (χ1) is 12.1. The van der Waals surface area contributed by atoms with E-state index in [1.165, 1.54) is 24.8 Å². The van der Waals surface area contributed by atoms with Crippen LogP contribution in [0.15, 0.2) is 6.08 Å². The number of ether oxygens (including phenoxy) is 1. The van der Waals surface area contributed by atoms with Gasteiger partial charge >= 0.3 is 5.97 Å². The fourth-order valence-corrected chi connectivity index (χ4v) is 3.60. The van der Waals surface area contributed by atoms with Gasteiger partial charge in [-0.1, -0.05) is 45.1 Å². The second-order valence-corrected chi connectivity index (χ2v) is 7.69. The Morgan fingerprint density at radius 1 is 1.24 bits per heavy atom. The van der Waals surface area contributed by atoms with E-state index in [4.69, 9.17) is 0 Å². The third kappa shape index (κ3) is 9.75. The number of thiazole rings is 1. The Kier molecular flexibility index (Phi) is 11.4. The van der Waals surface area contributed by atoms with Crippen LogP contribution in [-0.4, -0.2) is 29.3 Å². The molecule has 5 heteroatoms. The van der Waals surface area contributed by atoms with Crippen LogP contribution in [0.5, 0.6) is 0 Å². The number of unbranched alkanes of at least 4 members (excludes halogenated alkanes) is 5. The minimum atomic E-state index is -0.361. The molecule has 1 unspecified atom stereocenters. The van der Waals surface area contributed by atoms with Gasteiger partial charge in [0.15, 0.2) is 0 Å². The largest absolute Gasteiger partial charge is 0.469 e. The molecule has 0 amide bonds. The van der Waals surface area contributed by atoms with Crippen LogP contribution in [0.25, 0.3) is 6.08 Å². The smallest absolute Gasteiger partial charge is 0.305 e. The standard InChI is InChI=1S/C20H33NO3S/c1-4-5-8-11-17(22)14-15-19-18(21-16(2)25-19)12-9-6-7-10-13-20(23)24-3/h14-15,17,22H,4-13H2,1-3H3/b15-14+. The number of aliphatic hydroxyl groups excluding tert-OH is 1. The van der Waals surface area contributed by atoms with Gasteiger partial charge in [0.05, 0.1) is 28.8 Å². The van der Waals surface area contributed by atoms with Gasteiger partial charge in [0.2, 0.25) is 0 Å². The number of aryl methyl sites for hydroxylation is 2. The Bertz CT molecular complexity index is 525. The first-order valence-electron chi connectivity index (χ1n) is 9.46. The molecule has 0 spiro atoms. The van der Waals surface area contributed by atoms with Crippen molar-refractivity contribution in [2.45, 2.75) is 84.2 Å². The molecule has 1 aromatic rings. The van der Waals surface area contributed by atoms with Gasteiger partial charge < -0.3 is 9.84 Å². The van der Waals surface area contributed by atoms with Crippen molar-refractivity contribution < 1.29 is 14.6 Å². The van der Waals surface area contributed by atoms with Crippen molar-refractivity contribution >= 4 is 23.4 Å². The van der Waals surface area contributed by atoms with Gasteiger partial charge in [0.25, 0.3) is 0 Å². The molecule has 25 heavy (non-hydrogen) atoms. The SMILES string of the molecule is CCCCCC(O)/C=C/c1sc(C)nc1CCCCCCC(=O)OC. The molecule has 0 saturated heterocycles. The highest BCUT2D eigenvalue weighted by molar-refractivity contribution is 7.12. The highest BCUT2D eigenvalue weighted by Gasteiger charge is 2.08. The predicted octanol–water partition coefficient (Wildman–Crippen LogP) is 5.07. The lowest BCUT2D eigenvalue weighted by molar-refractivity contribution is -0.140. The van der Waals surface area contributed by atoms with Crippen molar-refractivity contribution in [1.29, 1.82) is 0 Å². The third-order valence-corrected chi connectivity index (χ3v) is 5.16. The molecule has 1 heterocycles. The van der Waals surface area contributed by atoms with E-state index in [2.05, 4.69) is 16.6 Å². The van der Waals surface area contributed by atoms with E-state index in [9.17, 15) is 9.90 Å². The summed E-state index contributed by atoms with van der Waals surface area (Å²) in [5.74, 6) is -0.125. The lowest BCUT2D eigenvalue weighted by Crippen LogP contribution is -2.01. The normalized spacial score (nSPS) is 12.6. The summed E-state index contributed by atoms with van der Waals surface area (Å²) in [5.41, 5.74) is 1.13. The summed E-state index contributed by atoms with van der Waals surface area (Å²) < 4.78 is 4.65. The van der Waals surface area contributed by atoms with Crippen molar-refractivity contribution in [3.8, 4) is 0 Å². The number of rotatable bonds is 13. The van der Waals surface area contributed by atoms with Crippen LogP contribution in [0.4, 0.5) is 0 Å². The Balaban J connectivity index is 2.36. The quantitative estimate of drug-likeness (QED) is 0.390. The van der Waals surface area contributed by atoms with E-state index in [0.717, 1.165) is 55.6 Å². The van der Waals surface area contributed by atoms with Crippen molar-refractivity contribution in [1.82, 2.24) is 4.98 Å². The lowest BCUT2D eigenvalue weighted by atomic mass is 10.1. The number of carbonyl (C=O) groups is 1. The molecule has 1 rings (SSSR count). The van der Waals surface area contributed by atoms with Crippen molar-refractivity contribution in [3.63, 3.8) is 0 Å². The van der Waals surface area contributed by atoms with Crippen LogP contribution in [-0.2, 0) is 16.0 Å². The predicted molar refractivity (Wildman–Crippen MR) is 105 cm³/mol. The summed E-state index contributed by atoms with van der Waals surface area (Å²) in [6.45, 7) is 4.20. The van der Waals surface area contributed by atoms with Gasteiger partial charge in [-0.3, -0.25) is 4.79 Å². The van der Waals surface area contributed by atoms with E-state index in [1.807, 2.05) is 19.1 Å². The van der Waals surface area contributed by atoms with E-state index < -0.39 is 0 Å². The monoisotopic (exact) mass is 367 g/mol. The zero-order valence-electron chi connectivity index (χ0n) is 15.9. The summed E-state index contributed by atoms with van der Waals surface area (Å²) in [7, 11) is 1.43. The van der Waals surface area contributed by atoms with Gasteiger partial charge in [-0.05, 0) is 38.7 Å². The summed E-state index contributed by atoms with van der Waals surface area (Å²) in [6, 6.07) is 0. The molecule has 0 aliphatic heterocycles. The molecule has 0 aliphatic carbocycles. The van der Waals surface area contributed by atoms with Crippen molar-refractivity contribution in [3.05, 3.63) is 21.7 Å². The average molecular weight is 368 g/mol. The zero-order chi connectivity index (χ0) is 18.5. The highest BCUT2D eigenvalue weighted by atomic mass is 32.1. The lowest BCUT2D eigenvalue weighted by Gasteiger charge is -2.04. The van der Waals surface area contributed by atoms with Gasteiger partial charge in [-0.2, -0.15) is 0 Å². The van der Waals surface area contributed by atoms with E-state index in [-0.39, 0.29) is 12.1 Å². The maximum absolute atomic E-state index is 11.1. The number of methoxy groups -OCH3 is 1. The molecule has 1 atom stereocenters. The van der Waals surface area contributed by atoms with Crippen LogP contribution < -0.4 is 0 Å². The van der Waals surface area contributed by atoms with Crippen molar-refractivity contribution in [2.24, 2.45) is 0 Å². The summed E-state index contributed by atoms with van der Waals surface area (Å²) in [5, 5.41) is 11.1. The molecular formula is C20H33NO3S. The Morgan fingerprint density at radius 3 is 2.72 bits per heavy atom. The fraction of sp³-hybridized carbons (Fsp3) is 0.700. The molecule has 0 radical (unpaired) electrons. The summed E-state index contributed by atoms with van der Waals surface area (Å²) in [6.07, 6.45) is 13.4. The maximum Gasteiger partial charge on any atom is 0.305 e. The Hall–Kier alpha value is -1.20. The number of nitrogens with zero attached hydrogens (tertiary/aromatic N) is 1. The van der Waals surface area contributed by atoms with E-state index in [0.29, 0.717) is 6.42 Å². The molecule has 0 saturated carbocycles. The molecule has 4 nitrogen and oxygen atoms in total. The topological polar surface area (TPSA) is 59.4 Å². The number of hydrogen-bond donors (Lipinski definition) is 1. The van der Waals surface area contributed by atoms with Crippen LogP contribution in [0.3, 0.4) is 0 Å². The minimum Gasteiger partial charge on any atom is -0.469 e. The number of aromatic nitrogens is 1. The number of hydrogen-bond acceptors (Lipinski definition) is 5. The Labute approximate surface area is 156 Å². The first-order valence-corrected chi connectivity index (χ1v) is 10.3. The molecular weight excluding hydrogens is 334 g/mol. The summed E-state index contributed by atoms with van der Waals surface area (Å²) in [4.78, 5) is 16.9. The minimum absolute atomic E-state index is 0.125. The van der Waals surface area contributed by atoms with E-state index in [1.54, 1.807) is 11.3 Å². The number of aliphatic hydroxyl groups is 1. The second-order valence-electron chi connectivity index (χ2n) is 6.46. The molecule has 0 aliphatic rings. The molecule has 1 N–H and O–H groups in total. The van der Waals surface area contributed by atoms with Gasteiger partial charge in [-0.15, -0.1) is 11.3 Å². The average Bonchev–Trinajstić information content (AvgIpc) is 2.95. The highest BCUT2D eigenvalue weighted by Crippen LogP contribution is 2.22. The van der Waals surface area contributed by atoms with Crippen molar-refractivity contribution in [2.75, 3.05) is 7.11 Å². The molecule has 1 aromatic heterocycles. The molecule has 142 valence electrons. The third-order valence-electron chi connectivity index (χ3n) is 4.18. The van der Waals surface area contributed by atoms with Gasteiger partial charge in [-0.25, -0.2) is 4.98 Å². The molecule has 0 fully saturated rings. The number of carbonyl (C=O) groups excluding carboxylic acids is 1. The molecule has 0 bridgehead atoms.